The van der Waals surface area contributed by atoms with Crippen LogP contribution in [-0.2, 0) is 5.41 Å². The molecule has 0 bridgehead atoms. The van der Waals surface area contributed by atoms with E-state index in [4.69, 9.17) is 4.42 Å². The third-order valence-corrected chi connectivity index (χ3v) is 13.7. The molecule has 11 aromatic rings. The van der Waals surface area contributed by atoms with Gasteiger partial charge in [-0.2, -0.15) is 0 Å². The molecule has 2 heterocycles. The third-order valence-electron chi connectivity index (χ3n) is 12.5. The average molecular weight is 760 g/mol. The fourth-order valence-corrected chi connectivity index (χ4v) is 10.9. The molecule has 1 aliphatic carbocycles. The highest BCUT2D eigenvalue weighted by Gasteiger charge is 2.36. The van der Waals surface area contributed by atoms with E-state index in [2.05, 4.69) is 207 Å². The molecule has 0 amide bonds. The number of furan rings is 1. The predicted molar refractivity (Wildman–Crippen MR) is 247 cm³/mol. The summed E-state index contributed by atoms with van der Waals surface area (Å²) >= 11 is 1.86. The molecule has 0 saturated carbocycles. The number of hydrogen-bond donors (Lipinski definition) is 0. The molecule has 2 aromatic heterocycles. The first-order valence-corrected chi connectivity index (χ1v) is 20.8. The van der Waals surface area contributed by atoms with Gasteiger partial charge in [-0.1, -0.05) is 153 Å². The SMILES string of the molecule is CC1(C)c2ccccc2-c2ccc(N(c3ccc4c(c3)oc3c(-c5cccc6c5sc5ccccc56)c5ccccc5cc34)c3ccccc3-c3ccccc3)cc21. The van der Waals surface area contributed by atoms with E-state index >= 15 is 0 Å². The Bertz CT molecular complexity index is 3440. The number of rotatable bonds is 5. The predicted octanol–water partition coefficient (Wildman–Crippen LogP) is 16.2. The molecule has 0 saturated heterocycles. The molecule has 274 valence electrons. The van der Waals surface area contributed by atoms with Crippen LogP contribution in [0.4, 0.5) is 17.1 Å². The van der Waals surface area contributed by atoms with Crippen LogP contribution in [0.15, 0.2) is 192 Å². The largest absolute Gasteiger partial charge is 0.455 e. The quantitative estimate of drug-likeness (QED) is 0.174. The molecule has 1 aliphatic rings. The summed E-state index contributed by atoms with van der Waals surface area (Å²) in [6, 6.07) is 68.7. The van der Waals surface area contributed by atoms with Gasteiger partial charge in [0.2, 0.25) is 0 Å². The normalized spacial score (nSPS) is 13.1. The zero-order valence-electron chi connectivity index (χ0n) is 32.2. The highest BCUT2D eigenvalue weighted by molar-refractivity contribution is 7.26. The number of anilines is 3. The molecular weight excluding hydrogens is 723 g/mol. The van der Waals surface area contributed by atoms with Crippen LogP contribution in [0, 0.1) is 0 Å². The van der Waals surface area contributed by atoms with Crippen LogP contribution in [0.3, 0.4) is 0 Å². The average Bonchev–Trinajstić information content (AvgIpc) is 3.91. The summed E-state index contributed by atoms with van der Waals surface area (Å²) in [6.07, 6.45) is 0. The molecule has 0 atom stereocenters. The second-order valence-electron chi connectivity index (χ2n) is 16.0. The van der Waals surface area contributed by atoms with Crippen molar-refractivity contribution in [1.82, 2.24) is 0 Å². The number of benzene rings is 9. The van der Waals surface area contributed by atoms with Crippen molar-refractivity contribution in [2.45, 2.75) is 19.3 Å². The Morgan fingerprint density at radius 1 is 0.466 bits per heavy atom. The minimum absolute atomic E-state index is 0.134. The fourth-order valence-electron chi connectivity index (χ4n) is 9.70. The third kappa shape index (κ3) is 4.84. The Balaban J connectivity index is 1.11. The lowest BCUT2D eigenvalue weighted by Gasteiger charge is -2.29. The Morgan fingerprint density at radius 3 is 2.03 bits per heavy atom. The molecule has 0 unspecified atom stereocenters. The summed E-state index contributed by atoms with van der Waals surface area (Å²) < 4.78 is 9.76. The van der Waals surface area contributed by atoms with Gasteiger partial charge in [0.05, 0.1) is 5.69 Å². The van der Waals surface area contributed by atoms with Gasteiger partial charge < -0.3 is 9.32 Å². The van der Waals surface area contributed by atoms with E-state index in [1.807, 2.05) is 11.3 Å². The summed E-state index contributed by atoms with van der Waals surface area (Å²) in [6.45, 7) is 4.70. The number of hydrogen-bond acceptors (Lipinski definition) is 3. The Morgan fingerprint density at radius 2 is 1.14 bits per heavy atom. The van der Waals surface area contributed by atoms with E-state index in [0.717, 1.165) is 44.6 Å². The van der Waals surface area contributed by atoms with E-state index in [9.17, 15) is 0 Å². The topological polar surface area (TPSA) is 16.4 Å². The monoisotopic (exact) mass is 759 g/mol. The van der Waals surface area contributed by atoms with Gasteiger partial charge >= 0.3 is 0 Å². The highest BCUT2D eigenvalue weighted by Crippen LogP contribution is 2.52. The second-order valence-corrected chi connectivity index (χ2v) is 17.1. The molecular formula is C55H37NOS. The molecule has 12 rings (SSSR count). The summed E-state index contributed by atoms with van der Waals surface area (Å²) in [4.78, 5) is 2.42. The van der Waals surface area contributed by atoms with Crippen molar-refractivity contribution in [1.29, 1.82) is 0 Å². The van der Waals surface area contributed by atoms with Gasteiger partial charge in [0.1, 0.15) is 11.2 Å². The van der Waals surface area contributed by atoms with Gasteiger partial charge in [0.25, 0.3) is 0 Å². The van der Waals surface area contributed by atoms with Crippen molar-refractivity contribution in [2.75, 3.05) is 4.90 Å². The smallest absolute Gasteiger partial charge is 0.143 e. The minimum atomic E-state index is -0.134. The zero-order chi connectivity index (χ0) is 38.5. The van der Waals surface area contributed by atoms with Gasteiger partial charge in [0.15, 0.2) is 0 Å². The van der Waals surface area contributed by atoms with Crippen molar-refractivity contribution < 1.29 is 4.42 Å². The van der Waals surface area contributed by atoms with Gasteiger partial charge in [-0.25, -0.2) is 0 Å². The van der Waals surface area contributed by atoms with E-state index in [0.29, 0.717) is 0 Å². The summed E-state index contributed by atoms with van der Waals surface area (Å²) in [5, 5.41) is 7.21. The number of fused-ring (bicyclic) bond motifs is 10. The van der Waals surface area contributed by atoms with Crippen LogP contribution in [-0.4, -0.2) is 0 Å². The van der Waals surface area contributed by atoms with Crippen molar-refractivity contribution in [2.24, 2.45) is 0 Å². The van der Waals surface area contributed by atoms with Crippen LogP contribution in [0.2, 0.25) is 0 Å². The Labute approximate surface area is 340 Å². The number of para-hydroxylation sites is 1. The van der Waals surface area contributed by atoms with Crippen LogP contribution in [0.5, 0.6) is 0 Å². The molecule has 0 spiro atoms. The lowest BCUT2D eigenvalue weighted by molar-refractivity contribution is 0.660. The lowest BCUT2D eigenvalue weighted by atomic mass is 9.82. The molecule has 9 aromatic carbocycles. The fraction of sp³-hybridized carbons (Fsp3) is 0.0545. The van der Waals surface area contributed by atoms with Crippen molar-refractivity contribution in [3.63, 3.8) is 0 Å². The number of nitrogens with zero attached hydrogens (tertiary/aromatic N) is 1. The van der Waals surface area contributed by atoms with E-state index < -0.39 is 0 Å². The van der Waals surface area contributed by atoms with Gasteiger partial charge in [-0.05, 0) is 81.1 Å². The molecule has 2 nitrogen and oxygen atoms in total. The van der Waals surface area contributed by atoms with Crippen LogP contribution in [0.25, 0.3) is 86.3 Å². The van der Waals surface area contributed by atoms with Crippen LogP contribution < -0.4 is 4.90 Å². The van der Waals surface area contributed by atoms with Gasteiger partial charge in [-0.3, -0.25) is 0 Å². The summed E-state index contributed by atoms with van der Waals surface area (Å²) in [7, 11) is 0. The van der Waals surface area contributed by atoms with Crippen molar-refractivity contribution in [3.8, 4) is 33.4 Å². The molecule has 0 radical (unpaired) electrons. The first kappa shape index (κ1) is 33.2. The van der Waals surface area contributed by atoms with E-state index in [1.165, 1.54) is 69.9 Å². The van der Waals surface area contributed by atoms with E-state index in [1.54, 1.807) is 0 Å². The van der Waals surface area contributed by atoms with Gasteiger partial charge in [0, 0.05) is 70.5 Å². The van der Waals surface area contributed by atoms with Gasteiger partial charge in [-0.15, -0.1) is 11.3 Å². The van der Waals surface area contributed by atoms with E-state index in [-0.39, 0.29) is 5.41 Å². The Kier molecular flexibility index (Phi) is 7.18. The molecule has 58 heavy (non-hydrogen) atoms. The van der Waals surface area contributed by atoms with Crippen molar-refractivity contribution >= 4 is 81.3 Å². The van der Waals surface area contributed by atoms with Crippen molar-refractivity contribution in [3.05, 3.63) is 199 Å². The lowest BCUT2D eigenvalue weighted by Crippen LogP contribution is -2.16. The number of thiophene rings is 1. The molecule has 0 aliphatic heterocycles. The summed E-state index contributed by atoms with van der Waals surface area (Å²) in [5.74, 6) is 0. The minimum Gasteiger partial charge on any atom is -0.455 e. The maximum Gasteiger partial charge on any atom is 0.143 e. The highest BCUT2D eigenvalue weighted by atomic mass is 32.1. The maximum absolute atomic E-state index is 7.17. The maximum atomic E-state index is 7.17. The standard InChI is InChI=1S/C55H37NOS/c1-55(2)47-24-11-8-20-40(47)41-29-27-36(32-48(41)55)56(49-25-12-9-18-38(49)34-15-4-3-5-16-34)37-28-30-42-46-31-35-17-6-7-19-39(35)52(53(46)57-50(42)33-37)45-23-14-22-44-43-21-10-13-26-51(43)58-54(44)45/h3-33H,1-2H3. The van der Waals surface area contributed by atoms with Crippen LogP contribution >= 0.6 is 11.3 Å². The molecule has 0 fully saturated rings. The van der Waals surface area contributed by atoms with Crippen LogP contribution in [0.1, 0.15) is 25.0 Å². The zero-order valence-corrected chi connectivity index (χ0v) is 33.0. The summed E-state index contributed by atoms with van der Waals surface area (Å²) in [5.41, 5.74) is 15.0. The molecule has 0 N–H and O–H groups in total. The first-order valence-electron chi connectivity index (χ1n) is 20.0. The first-order chi connectivity index (χ1) is 28.5. The second kappa shape index (κ2) is 12.5. The Hall–Kier alpha value is -6.94. The molecule has 3 heteroatoms.